The summed E-state index contributed by atoms with van der Waals surface area (Å²) in [6.45, 7) is 0.486. The number of hydrogen-bond donors (Lipinski definition) is 4. The van der Waals surface area contributed by atoms with Gasteiger partial charge in [-0.15, -0.1) is 0 Å². The number of thiol groups is 1. The minimum absolute atomic E-state index is 0.195. The summed E-state index contributed by atoms with van der Waals surface area (Å²) in [7, 11) is -0.0721. The Balaban J connectivity index is 1.32. The van der Waals surface area contributed by atoms with E-state index in [2.05, 4.69) is 5.32 Å². The maximum atomic E-state index is 14.8. The van der Waals surface area contributed by atoms with Crippen LogP contribution in [0.15, 0.2) is 101 Å². The number of hydrogen-bond acceptors (Lipinski definition) is 8. The van der Waals surface area contributed by atoms with Crippen LogP contribution in [0.5, 0.6) is 5.75 Å². The van der Waals surface area contributed by atoms with Crippen molar-refractivity contribution in [2.24, 2.45) is 0 Å². The van der Waals surface area contributed by atoms with Crippen molar-refractivity contribution in [2.75, 3.05) is 11.4 Å². The van der Waals surface area contributed by atoms with E-state index in [1.54, 1.807) is 58.9 Å². The Bertz CT molecular complexity index is 2450. The van der Waals surface area contributed by atoms with E-state index < -0.39 is 18.8 Å². The Labute approximate surface area is 290 Å². The van der Waals surface area contributed by atoms with E-state index in [-0.39, 0.29) is 23.9 Å². The molecule has 13 heteroatoms. The van der Waals surface area contributed by atoms with Crippen LogP contribution in [0.3, 0.4) is 0 Å². The number of pyridine rings is 1. The molecular weight excluding hydrogens is 661 g/mol. The molecule has 1 amide bonds. The fraction of sp³-hybridized carbons (Fsp3) is 0.0811. The van der Waals surface area contributed by atoms with E-state index in [1.165, 1.54) is 25.2 Å². The van der Waals surface area contributed by atoms with Gasteiger partial charge in [-0.1, -0.05) is 43.1 Å². The molecule has 0 bridgehead atoms. The number of halogens is 2. The van der Waals surface area contributed by atoms with Crippen LogP contribution in [0.2, 0.25) is 0 Å². The van der Waals surface area contributed by atoms with Crippen molar-refractivity contribution < 1.29 is 32.8 Å². The predicted octanol–water partition coefficient (Wildman–Crippen LogP) is 6.30. The number of carbonyl (C=O) groups excluding carboxylic acids is 1. The minimum atomic E-state index is -1.59. The lowest BCUT2D eigenvalue weighted by Crippen LogP contribution is -2.29. The second kappa shape index (κ2) is 12.4. The molecule has 0 aliphatic carbocycles. The fourth-order valence-electron chi connectivity index (χ4n) is 6.37. The van der Waals surface area contributed by atoms with Crippen molar-refractivity contribution in [1.82, 2.24) is 14.9 Å². The SMILES string of the molecule is CNC(=O)c1c(-c2ccc(F)cc2)oc2cc(N(S)Cc3ccc(B(O)O)cc3)c(-c3ccc4c(n3)-c3cc5c(F)cccc5n3CO4)cc12. The lowest BCUT2D eigenvalue weighted by molar-refractivity contribution is 0.0964. The number of aromatic nitrogens is 2. The molecule has 0 atom stereocenters. The first kappa shape index (κ1) is 31.6. The summed E-state index contributed by atoms with van der Waals surface area (Å²) in [4.78, 5) is 18.5. The van der Waals surface area contributed by atoms with Gasteiger partial charge in [-0.05, 0) is 71.7 Å². The van der Waals surface area contributed by atoms with Gasteiger partial charge in [0.15, 0.2) is 6.73 Å². The zero-order chi connectivity index (χ0) is 34.7. The first-order valence-electron chi connectivity index (χ1n) is 15.6. The molecule has 248 valence electrons. The van der Waals surface area contributed by atoms with E-state index in [0.717, 1.165) is 5.56 Å². The summed E-state index contributed by atoms with van der Waals surface area (Å²) in [5, 5.41) is 22.7. The van der Waals surface area contributed by atoms with Gasteiger partial charge >= 0.3 is 7.12 Å². The lowest BCUT2D eigenvalue weighted by Gasteiger charge is -2.23. The minimum Gasteiger partial charge on any atom is -0.470 e. The molecule has 50 heavy (non-hydrogen) atoms. The summed E-state index contributed by atoms with van der Waals surface area (Å²) < 4.78 is 44.6. The van der Waals surface area contributed by atoms with Gasteiger partial charge in [-0.25, -0.2) is 13.8 Å². The third-order valence-corrected chi connectivity index (χ3v) is 9.23. The van der Waals surface area contributed by atoms with Crippen molar-refractivity contribution >= 4 is 58.9 Å². The highest BCUT2D eigenvalue weighted by Gasteiger charge is 2.27. The molecule has 9 nitrogen and oxygen atoms in total. The van der Waals surface area contributed by atoms with Crippen molar-refractivity contribution in [3.05, 3.63) is 120 Å². The topological polar surface area (TPSA) is 113 Å². The van der Waals surface area contributed by atoms with Crippen LogP contribution in [0.4, 0.5) is 14.5 Å². The highest BCUT2D eigenvalue weighted by atomic mass is 32.1. The first-order chi connectivity index (χ1) is 24.2. The van der Waals surface area contributed by atoms with Gasteiger partial charge in [0.25, 0.3) is 5.91 Å². The number of furan rings is 1. The quantitative estimate of drug-likeness (QED) is 0.115. The number of fused-ring (bicyclic) bond motifs is 6. The average molecular weight is 689 g/mol. The second-order valence-electron chi connectivity index (χ2n) is 11.9. The lowest BCUT2D eigenvalue weighted by atomic mass is 9.80. The van der Waals surface area contributed by atoms with E-state index in [0.29, 0.717) is 73.5 Å². The van der Waals surface area contributed by atoms with Gasteiger partial charge in [-0.3, -0.25) is 4.79 Å². The Morgan fingerprint density at radius 2 is 1.78 bits per heavy atom. The summed E-state index contributed by atoms with van der Waals surface area (Å²) in [5.74, 6) is -0.360. The number of benzene rings is 4. The van der Waals surface area contributed by atoms with Crippen LogP contribution < -0.4 is 19.8 Å². The number of nitrogens with one attached hydrogen (secondary N) is 1. The Hall–Kier alpha value is -5.63. The second-order valence-corrected chi connectivity index (χ2v) is 12.4. The van der Waals surface area contributed by atoms with E-state index >= 15 is 0 Å². The van der Waals surface area contributed by atoms with E-state index in [1.807, 2.05) is 28.8 Å². The summed E-state index contributed by atoms with van der Waals surface area (Å²) >= 11 is 4.88. The highest BCUT2D eigenvalue weighted by molar-refractivity contribution is 7.81. The van der Waals surface area contributed by atoms with Crippen LogP contribution in [0.25, 0.3) is 55.8 Å². The Morgan fingerprint density at radius 3 is 2.52 bits per heavy atom. The molecule has 4 aromatic carbocycles. The van der Waals surface area contributed by atoms with Gasteiger partial charge in [0.05, 0.1) is 34.7 Å². The molecule has 0 fully saturated rings. The van der Waals surface area contributed by atoms with Crippen molar-refractivity contribution in [2.45, 2.75) is 13.3 Å². The normalized spacial score (nSPS) is 12.0. The largest absolute Gasteiger partial charge is 0.488 e. The number of anilines is 1. The van der Waals surface area contributed by atoms with E-state index in [9.17, 15) is 23.6 Å². The molecule has 0 saturated carbocycles. The number of carbonyl (C=O) groups is 1. The average Bonchev–Trinajstić information content (AvgIpc) is 3.70. The molecule has 0 saturated heterocycles. The van der Waals surface area contributed by atoms with Crippen LogP contribution in [0.1, 0.15) is 15.9 Å². The van der Waals surface area contributed by atoms with Crippen molar-refractivity contribution in [3.63, 3.8) is 0 Å². The molecule has 3 N–H and O–H groups in total. The molecule has 0 spiro atoms. The zero-order valence-corrected chi connectivity index (χ0v) is 27.3. The van der Waals surface area contributed by atoms with Gasteiger partial charge in [0.2, 0.25) is 0 Å². The first-order valence-corrected chi connectivity index (χ1v) is 16.0. The van der Waals surface area contributed by atoms with Gasteiger partial charge < -0.3 is 33.4 Å². The third-order valence-electron chi connectivity index (χ3n) is 8.87. The number of amides is 1. The summed E-state index contributed by atoms with van der Waals surface area (Å²) in [6, 6.07) is 26.3. The molecule has 1 aliphatic rings. The molecule has 3 aromatic heterocycles. The number of rotatable bonds is 7. The third kappa shape index (κ3) is 5.36. The van der Waals surface area contributed by atoms with Crippen LogP contribution in [-0.2, 0) is 13.3 Å². The monoisotopic (exact) mass is 688 g/mol. The Kier molecular flexibility index (Phi) is 7.82. The molecular formula is C37H27BF2N4O5S. The summed E-state index contributed by atoms with van der Waals surface area (Å²) in [6.07, 6.45) is 0. The summed E-state index contributed by atoms with van der Waals surface area (Å²) in [5.41, 5.74) is 5.96. The zero-order valence-electron chi connectivity index (χ0n) is 26.4. The van der Waals surface area contributed by atoms with Crippen LogP contribution in [0, 0.1) is 11.6 Å². The molecule has 0 unspecified atom stereocenters. The molecule has 1 aliphatic heterocycles. The van der Waals surface area contributed by atoms with Gasteiger partial charge in [0.1, 0.15) is 34.4 Å². The molecule has 7 aromatic rings. The van der Waals surface area contributed by atoms with Crippen LogP contribution in [-0.4, -0.2) is 39.7 Å². The van der Waals surface area contributed by atoms with Gasteiger partial charge in [0, 0.05) is 35.0 Å². The van der Waals surface area contributed by atoms with Crippen LogP contribution >= 0.6 is 12.8 Å². The predicted molar refractivity (Wildman–Crippen MR) is 191 cm³/mol. The maximum Gasteiger partial charge on any atom is 0.488 e. The number of nitrogens with zero attached hydrogens (tertiary/aromatic N) is 3. The Morgan fingerprint density at radius 1 is 1.00 bits per heavy atom. The standard InChI is InChI=1S/C37H27BF2N4O5S/c1-41-37(45)34-26-15-25(28-13-14-32-35(42-28)31-16-24-27(40)3-2-4-29(24)43(31)19-48-32)30(44(50)18-20-5-9-22(10-6-20)38(46)47)17-33(26)49-36(34)21-7-11-23(39)12-8-21/h2-17,46-47,50H,18-19H2,1H3,(H,41,45). The van der Waals surface area contributed by atoms with E-state index in [4.69, 9.17) is 27.0 Å². The van der Waals surface area contributed by atoms with Crippen molar-refractivity contribution in [3.8, 4) is 39.7 Å². The molecule has 4 heterocycles. The number of ether oxygens (including phenoxy) is 1. The molecule has 0 radical (unpaired) electrons. The van der Waals surface area contributed by atoms with Crippen molar-refractivity contribution in [1.29, 1.82) is 0 Å². The van der Waals surface area contributed by atoms with Gasteiger partial charge in [-0.2, -0.15) is 0 Å². The smallest absolute Gasteiger partial charge is 0.470 e. The fourth-order valence-corrected chi connectivity index (χ4v) is 6.70. The maximum absolute atomic E-state index is 14.8. The molecule has 8 rings (SSSR count). The highest BCUT2D eigenvalue weighted by Crippen LogP contribution is 2.44.